The van der Waals surface area contributed by atoms with E-state index in [1.54, 1.807) is 25.2 Å². The molecule has 0 amide bonds. The molecule has 92 valence electrons. The Hall–Kier alpha value is -1.82. The van der Waals surface area contributed by atoms with Crippen LogP contribution in [0.25, 0.3) is 0 Å². The molecule has 1 rings (SSSR count). The Balaban J connectivity index is 2.77. The predicted octanol–water partition coefficient (Wildman–Crippen LogP) is 1.22. The van der Waals surface area contributed by atoms with E-state index in [-0.39, 0.29) is 5.75 Å². The van der Waals surface area contributed by atoms with Crippen LogP contribution in [0.5, 0.6) is 11.5 Å². The first-order chi connectivity index (χ1) is 8.19. The van der Waals surface area contributed by atoms with Gasteiger partial charge in [0.25, 0.3) is 0 Å². The van der Waals surface area contributed by atoms with Gasteiger partial charge in [0, 0.05) is 12.6 Å². The number of nitrogens with zero attached hydrogens (tertiary/aromatic N) is 1. The van der Waals surface area contributed by atoms with Crippen LogP contribution in [0.4, 0.5) is 0 Å². The highest BCUT2D eigenvalue weighted by Crippen LogP contribution is 2.28. The molecule has 6 heteroatoms. The van der Waals surface area contributed by atoms with Crippen LogP contribution < -0.4 is 15.5 Å². The monoisotopic (exact) mass is 253 g/mol. The molecule has 0 spiro atoms. The molecule has 0 atom stereocenters. The molecule has 0 heterocycles. The normalized spacial score (nSPS) is 10.2. The molecular formula is C11H15N3O2S. The molecule has 0 fully saturated rings. The number of ether oxygens (including phenoxy) is 1. The number of phenols is 1. The lowest BCUT2D eigenvalue weighted by atomic mass is 10.2. The minimum absolute atomic E-state index is 0.0651. The van der Waals surface area contributed by atoms with Gasteiger partial charge in [-0.3, -0.25) is 5.43 Å². The molecule has 0 unspecified atom stereocenters. The van der Waals surface area contributed by atoms with Crippen molar-refractivity contribution in [1.82, 2.24) is 10.7 Å². The van der Waals surface area contributed by atoms with E-state index in [0.717, 1.165) is 0 Å². The number of rotatable bonds is 4. The second kappa shape index (κ2) is 6.70. The number of phenolic OH excluding ortho intramolecular Hbond substituents is 1. The number of hydrogen-bond acceptors (Lipinski definition) is 4. The van der Waals surface area contributed by atoms with E-state index in [2.05, 4.69) is 15.8 Å². The minimum Gasteiger partial charge on any atom is -0.504 e. The fourth-order valence-electron chi connectivity index (χ4n) is 1.13. The van der Waals surface area contributed by atoms with Crippen LogP contribution in [0.3, 0.4) is 0 Å². The summed E-state index contributed by atoms with van der Waals surface area (Å²) in [6, 6.07) is 5.20. The SMILES string of the molecule is CCOc1cccc(/C=N/NC(=S)NC)c1O. The third-order valence-corrected chi connectivity index (χ3v) is 2.22. The molecule has 17 heavy (non-hydrogen) atoms. The second-order valence-electron chi connectivity index (χ2n) is 3.08. The largest absolute Gasteiger partial charge is 0.504 e. The van der Waals surface area contributed by atoms with E-state index >= 15 is 0 Å². The van der Waals surface area contributed by atoms with Gasteiger partial charge in [0.15, 0.2) is 16.6 Å². The van der Waals surface area contributed by atoms with Gasteiger partial charge in [0.2, 0.25) is 0 Å². The van der Waals surface area contributed by atoms with Crippen LogP contribution in [0, 0.1) is 0 Å². The lowest BCUT2D eigenvalue weighted by molar-refractivity contribution is 0.318. The van der Waals surface area contributed by atoms with Gasteiger partial charge >= 0.3 is 0 Å². The van der Waals surface area contributed by atoms with Crippen molar-refractivity contribution in [2.75, 3.05) is 13.7 Å². The highest BCUT2D eigenvalue weighted by molar-refractivity contribution is 7.80. The number of nitrogens with one attached hydrogen (secondary N) is 2. The van der Waals surface area contributed by atoms with Crippen LogP contribution in [0.15, 0.2) is 23.3 Å². The Morgan fingerprint density at radius 2 is 2.35 bits per heavy atom. The maximum atomic E-state index is 9.85. The first kappa shape index (κ1) is 13.2. The van der Waals surface area contributed by atoms with Crippen molar-refractivity contribution in [2.24, 2.45) is 5.10 Å². The van der Waals surface area contributed by atoms with Crippen molar-refractivity contribution in [3.05, 3.63) is 23.8 Å². The highest BCUT2D eigenvalue weighted by atomic mass is 32.1. The molecule has 0 aliphatic carbocycles. The first-order valence-electron chi connectivity index (χ1n) is 5.14. The van der Waals surface area contributed by atoms with E-state index in [4.69, 9.17) is 17.0 Å². The summed E-state index contributed by atoms with van der Waals surface area (Å²) in [5, 5.41) is 16.9. The lowest BCUT2D eigenvalue weighted by Crippen LogP contribution is -2.28. The fraction of sp³-hybridized carbons (Fsp3) is 0.273. The van der Waals surface area contributed by atoms with E-state index in [1.807, 2.05) is 6.92 Å². The third kappa shape index (κ3) is 3.92. The summed E-state index contributed by atoms with van der Waals surface area (Å²) >= 11 is 4.85. The van der Waals surface area contributed by atoms with Gasteiger partial charge in [-0.1, -0.05) is 6.07 Å². The number of aromatic hydroxyl groups is 1. The molecule has 0 saturated carbocycles. The minimum atomic E-state index is 0.0651. The zero-order chi connectivity index (χ0) is 12.7. The Labute approximate surface area is 105 Å². The zero-order valence-electron chi connectivity index (χ0n) is 9.73. The van der Waals surface area contributed by atoms with E-state index in [0.29, 0.717) is 23.0 Å². The van der Waals surface area contributed by atoms with Gasteiger partial charge in [-0.25, -0.2) is 0 Å². The quantitative estimate of drug-likeness (QED) is 0.428. The number of thiocarbonyl (C=S) groups is 1. The van der Waals surface area contributed by atoms with E-state index in [9.17, 15) is 5.11 Å². The van der Waals surface area contributed by atoms with Crippen molar-refractivity contribution in [2.45, 2.75) is 6.92 Å². The maximum Gasteiger partial charge on any atom is 0.186 e. The summed E-state index contributed by atoms with van der Waals surface area (Å²) in [6.07, 6.45) is 1.47. The Bertz CT molecular complexity index is 421. The van der Waals surface area contributed by atoms with Gasteiger partial charge < -0.3 is 15.2 Å². The van der Waals surface area contributed by atoms with Crippen LogP contribution in [0.2, 0.25) is 0 Å². The first-order valence-corrected chi connectivity index (χ1v) is 5.55. The molecule has 0 saturated heterocycles. The standard InChI is InChI=1S/C11H15N3O2S/c1-3-16-9-6-4-5-8(10(9)15)7-13-14-11(17)12-2/h4-7,15H,3H2,1-2H3,(H2,12,14,17)/b13-7+. The second-order valence-corrected chi connectivity index (χ2v) is 3.48. The molecule has 3 N–H and O–H groups in total. The molecule has 0 bridgehead atoms. The van der Waals surface area contributed by atoms with Crippen LogP contribution in [-0.4, -0.2) is 30.1 Å². The van der Waals surface area contributed by atoms with Crippen molar-refractivity contribution in [3.63, 3.8) is 0 Å². The Morgan fingerprint density at radius 1 is 1.59 bits per heavy atom. The molecule has 0 aromatic heterocycles. The molecule has 1 aromatic rings. The number of hydrazone groups is 1. The fourth-order valence-corrected chi connectivity index (χ4v) is 1.18. The van der Waals surface area contributed by atoms with Crippen LogP contribution in [-0.2, 0) is 0 Å². The maximum absolute atomic E-state index is 9.85. The average Bonchev–Trinajstić information content (AvgIpc) is 2.33. The van der Waals surface area contributed by atoms with Crippen molar-refractivity contribution in [3.8, 4) is 11.5 Å². The average molecular weight is 253 g/mol. The molecule has 1 aromatic carbocycles. The van der Waals surface area contributed by atoms with Gasteiger partial charge in [-0.2, -0.15) is 5.10 Å². The summed E-state index contributed by atoms with van der Waals surface area (Å²) in [7, 11) is 1.69. The topological polar surface area (TPSA) is 65.9 Å². The van der Waals surface area contributed by atoms with Crippen molar-refractivity contribution in [1.29, 1.82) is 0 Å². The summed E-state index contributed by atoms with van der Waals surface area (Å²) < 4.78 is 5.26. The molecular weight excluding hydrogens is 238 g/mol. The molecule has 5 nitrogen and oxygen atoms in total. The zero-order valence-corrected chi connectivity index (χ0v) is 10.5. The summed E-state index contributed by atoms with van der Waals surface area (Å²) in [5.41, 5.74) is 3.16. The van der Waals surface area contributed by atoms with Gasteiger partial charge in [0.1, 0.15) is 0 Å². The van der Waals surface area contributed by atoms with Gasteiger partial charge in [-0.15, -0.1) is 0 Å². The summed E-state index contributed by atoms with van der Waals surface area (Å²) in [4.78, 5) is 0. The predicted molar refractivity (Wildman–Crippen MR) is 71.7 cm³/mol. The Morgan fingerprint density at radius 3 is 3.00 bits per heavy atom. The van der Waals surface area contributed by atoms with Gasteiger partial charge in [-0.05, 0) is 31.3 Å². The number of hydrogen-bond donors (Lipinski definition) is 3. The summed E-state index contributed by atoms with van der Waals surface area (Å²) in [5.74, 6) is 0.503. The van der Waals surface area contributed by atoms with Crippen molar-refractivity contribution < 1.29 is 9.84 Å². The smallest absolute Gasteiger partial charge is 0.186 e. The highest BCUT2D eigenvalue weighted by Gasteiger charge is 2.05. The van der Waals surface area contributed by atoms with Crippen LogP contribution in [0.1, 0.15) is 12.5 Å². The van der Waals surface area contributed by atoms with E-state index in [1.165, 1.54) is 6.21 Å². The van der Waals surface area contributed by atoms with E-state index < -0.39 is 0 Å². The number of para-hydroxylation sites is 1. The van der Waals surface area contributed by atoms with Crippen LogP contribution >= 0.6 is 12.2 Å². The Kier molecular flexibility index (Phi) is 5.22. The third-order valence-electron chi connectivity index (χ3n) is 1.93. The molecule has 0 radical (unpaired) electrons. The summed E-state index contributed by atoms with van der Waals surface area (Å²) in [6.45, 7) is 2.35. The number of benzene rings is 1. The van der Waals surface area contributed by atoms with Gasteiger partial charge in [0.05, 0.1) is 12.8 Å². The molecule has 0 aliphatic heterocycles. The van der Waals surface area contributed by atoms with Crippen molar-refractivity contribution >= 4 is 23.5 Å². The molecule has 0 aliphatic rings. The lowest BCUT2D eigenvalue weighted by Gasteiger charge is -2.07.